The summed E-state index contributed by atoms with van der Waals surface area (Å²) in [7, 11) is 0. The number of aromatic nitrogens is 1. The second-order valence-electron chi connectivity index (χ2n) is 2.55. The quantitative estimate of drug-likeness (QED) is 0.850. The Balaban J connectivity index is 2.74. The Morgan fingerprint density at radius 1 is 1.53 bits per heavy atom. The summed E-state index contributed by atoms with van der Waals surface area (Å²) in [5.74, 6) is 0.505. The molecule has 0 amide bonds. The molecule has 0 aliphatic carbocycles. The van der Waals surface area contributed by atoms with Crippen LogP contribution in [0.4, 0.5) is 5.82 Å². The summed E-state index contributed by atoms with van der Waals surface area (Å²) >= 11 is 16.5. The minimum Gasteiger partial charge on any atom is -0.366 e. The van der Waals surface area contributed by atoms with Gasteiger partial charge in [0.15, 0.2) is 0 Å². The molecule has 1 N–H and O–H groups in total. The van der Waals surface area contributed by atoms with E-state index in [0.29, 0.717) is 17.9 Å². The van der Waals surface area contributed by atoms with Crippen LogP contribution in [0, 0.1) is 11.3 Å². The van der Waals surface area contributed by atoms with Crippen LogP contribution in [0.5, 0.6) is 0 Å². The van der Waals surface area contributed by atoms with E-state index in [1.165, 1.54) is 6.07 Å². The van der Waals surface area contributed by atoms with Gasteiger partial charge in [-0.2, -0.15) is 5.26 Å². The number of nitrogens with one attached hydrogen (secondary N) is 1. The molecule has 0 aliphatic heterocycles. The maximum absolute atomic E-state index is 8.68. The van der Waals surface area contributed by atoms with E-state index in [1.54, 1.807) is 12.1 Å². The topological polar surface area (TPSA) is 48.7 Å². The molecule has 0 spiro atoms. The lowest BCUT2D eigenvalue weighted by molar-refractivity contribution is 1.22. The maximum Gasteiger partial charge on any atom is 0.132 e. The molecule has 0 saturated carbocycles. The number of pyridine rings is 1. The zero-order valence-electron chi connectivity index (χ0n) is 7.47. The van der Waals surface area contributed by atoms with E-state index in [2.05, 4.69) is 10.3 Å². The highest BCUT2D eigenvalue weighted by atomic mass is 35.5. The van der Waals surface area contributed by atoms with Gasteiger partial charge < -0.3 is 5.32 Å². The van der Waals surface area contributed by atoms with Crippen LogP contribution in [-0.4, -0.2) is 11.5 Å². The molecule has 0 bridgehead atoms. The Hall–Kier alpha value is -0.950. The summed E-state index contributed by atoms with van der Waals surface area (Å²) in [5.41, 5.74) is 0.443. The highest BCUT2D eigenvalue weighted by molar-refractivity contribution is 6.55. The number of anilines is 1. The third-order valence-electron chi connectivity index (χ3n) is 1.46. The molecule has 3 nitrogen and oxygen atoms in total. The van der Waals surface area contributed by atoms with E-state index in [-0.39, 0.29) is 9.64 Å². The standard InChI is InChI=1S/C9H6Cl3N3/c10-7(11)1-2-14-9-4-6(5-13)3-8(12)15-9/h1,3-4H,2H2,(H,14,15). The van der Waals surface area contributed by atoms with Gasteiger partial charge in [0.1, 0.15) is 15.5 Å². The smallest absolute Gasteiger partial charge is 0.132 e. The molecule has 1 aromatic rings. The fourth-order valence-electron chi connectivity index (χ4n) is 0.885. The lowest BCUT2D eigenvalue weighted by Crippen LogP contribution is -2.01. The predicted octanol–water partition coefficient (Wildman–Crippen LogP) is 3.34. The molecular weight excluding hydrogens is 256 g/mol. The van der Waals surface area contributed by atoms with E-state index in [1.807, 2.05) is 6.07 Å². The number of hydrogen-bond acceptors (Lipinski definition) is 3. The van der Waals surface area contributed by atoms with Crippen molar-refractivity contribution in [3.05, 3.63) is 33.4 Å². The summed E-state index contributed by atoms with van der Waals surface area (Å²) < 4.78 is 0.171. The predicted molar refractivity (Wildman–Crippen MR) is 62.2 cm³/mol. The maximum atomic E-state index is 8.68. The second kappa shape index (κ2) is 5.82. The van der Waals surface area contributed by atoms with Crippen LogP contribution in [0.15, 0.2) is 22.7 Å². The molecule has 1 heterocycles. The lowest BCUT2D eigenvalue weighted by atomic mass is 10.3. The first kappa shape index (κ1) is 12.1. The Labute approximate surface area is 102 Å². The first-order chi connectivity index (χ1) is 7.11. The molecule has 1 aromatic heterocycles. The van der Waals surface area contributed by atoms with Crippen molar-refractivity contribution < 1.29 is 0 Å². The van der Waals surface area contributed by atoms with Crippen LogP contribution in [0.25, 0.3) is 0 Å². The van der Waals surface area contributed by atoms with Crippen molar-refractivity contribution in [2.24, 2.45) is 0 Å². The van der Waals surface area contributed by atoms with Crippen molar-refractivity contribution in [2.75, 3.05) is 11.9 Å². The average Bonchev–Trinajstić information content (AvgIpc) is 2.16. The number of rotatable bonds is 3. The van der Waals surface area contributed by atoms with Crippen molar-refractivity contribution in [1.82, 2.24) is 4.98 Å². The van der Waals surface area contributed by atoms with Crippen LogP contribution in [0.1, 0.15) is 5.56 Å². The van der Waals surface area contributed by atoms with Crippen molar-refractivity contribution in [1.29, 1.82) is 5.26 Å². The summed E-state index contributed by atoms with van der Waals surface area (Å²) in [5, 5.41) is 11.8. The zero-order valence-corrected chi connectivity index (χ0v) is 9.74. The molecule has 15 heavy (non-hydrogen) atoms. The van der Waals surface area contributed by atoms with Gasteiger partial charge >= 0.3 is 0 Å². The molecule has 0 aliphatic rings. The lowest BCUT2D eigenvalue weighted by Gasteiger charge is -2.02. The van der Waals surface area contributed by atoms with Crippen molar-refractivity contribution in [2.45, 2.75) is 0 Å². The summed E-state index contributed by atoms with van der Waals surface area (Å²) in [6, 6.07) is 5.04. The van der Waals surface area contributed by atoms with Gasteiger partial charge in [0.25, 0.3) is 0 Å². The Kier molecular flexibility index (Phi) is 4.70. The zero-order chi connectivity index (χ0) is 11.3. The third kappa shape index (κ3) is 4.39. The molecule has 78 valence electrons. The first-order valence-corrected chi connectivity index (χ1v) is 5.08. The molecule has 0 radical (unpaired) electrons. The Morgan fingerprint density at radius 3 is 2.87 bits per heavy atom. The third-order valence-corrected chi connectivity index (χ3v) is 1.96. The number of nitrogens with zero attached hydrogens (tertiary/aromatic N) is 2. The first-order valence-electron chi connectivity index (χ1n) is 3.94. The van der Waals surface area contributed by atoms with Gasteiger partial charge in [-0.15, -0.1) is 0 Å². The van der Waals surface area contributed by atoms with Crippen molar-refractivity contribution in [3.8, 4) is 6.07 Å². The van der Waals surface area contributed by atoms with E-state index in [4.69, 9.17) is 40.1 Å². The molecule has 0 aromatic carbocycles. The van der Waals surface area contributed by atoms with Crippen LogP contribution >= 0.6 is 34.8 Å². The van der Waals surface area contributed by atoms with Gasteiger partial charge in [0.05, 0.1) is 11.6 Å². The van der Waals surface area contributed by atoms with Crippen LogP contribution < -0.4 is 5.32 Å². The van der Waals surface area contributed by atoms with E-state index in [9.17, 15) is 0 Å². The summed E-state index contributed by atoms with van der Waals surface area (Å²) in [6.07, 6.45) is 1.57. The van der Waals surface area contributed by atoms with Gasteiger partial charge in [-0.05, 0) is 18.2 Å². The van der Waals surface area contributed by atoms with Gasteiger partial charge in [-0.1, -0.05) is 34.8 Å². The number of hydrogen-bond donors (Lipinski definition) is 1. The average molecular weight is 263 g/mol. The highest BCUT2D eigenvalue weighted by Crippen LogP contribution is 2.14. The molecule has 0 atom stereocenters. The van der Waals surface area contributed by atoms with Gasteiger partial charge in [-0.25, -0.2) is 4.98 Å². The molecule has 0 unspecified atom stereocenters. The highest BCUT2D eigenvalue weighted by Gasteiger charge is 1.99. The largest absolute Gasteiger partial charge is 0.366 e. The minimum atomic E-state index is 0.171. The minimum absolute atomic E-state index is 0.171. The van der Waals surface area contributed by atoms with Gasteiger partial charge in [0.2, 0.25) is 0 Å². The van der Waals surface area contributed by atoms with E-state index < -0.39 is 0 Å². The van der Waals surface area contributed by atoms with E-state index in [0.717, 1.165) is 0 Å². The monoisotopic (exact) mass is 261 g/mol. The summed E-state index contributed by atoms with van der Waals surface area (Å²) in [6.45, 7) is 0.417. The second-order valence-corrected chi connectivity index (χ2v) is 3.95. The van der Waals surface area contributed by atoms with Gasteiger partial charge in [0, 0.05) is 6.54 Å². The van der Waals surface area contributed by atoms with Crippen LogP contribution in [0.2, 0.25) is 5.15 Å². The molecule has 0 saturated heterocycles. The Morgan fingerprint density at radius 2 is 2.27 bits per heavy atom. The fraction of sp³-hybridized carbons (Fsp3) is 0.111. The van der Waals surface area contributed by atoms with Crippen molar-refractivity contribution in [3.63, 3.8) is 0 Å². The normalized spacial score (nSPS) is 9.20. The van der Waals surface area contributed by atoms with Crippen molar-refractivity contribution >= 4 is 40.6 Å². The number of nitriles is 1. The van der Waals surface area contributed by atoms with Crippen LogP contribution in [0.3, 0.4) is 0 Å². The van der Waals surface area contributed by atoms with E-state index >= 15 is 0 Å². The number of halogens is 3. The molecule has 0 fully saturated rings. The SMILES string of the molecule is N#Cc1cc(Cl)nc(NCC=C(Cl)Cl)c1. The fourth-order valence-corrected chi connectivity index (χ4v) is 1.25. The van der Waals surface area contributed by atoms with Crippen LogP contribution in [-0.2, 0) is 0 Å². The molecular formula is C9H6Cl3N3. The summed E-state index contributed by atoms with van der Waals surface area (Å²) in [4.78, 5) is 3.97. The molecule has 6 heteroatoms. The Bertz CT molecular complexity index is 419. The molecule has 1 rings (SSSR count). The van der Waals surface area contributed by atoms with Gasteiger partial charge in [-0.3, -0.25) is 0 Å².